The van der Waals surface area contributed by atoms with Gasteiger partial charge in [-0.25, -0.2) is 9.18 Å². The van der Waals surface area contributed by atoms with Gasteiger partial charge in [0.05, 0.1) is 12.8 Å². The van der Waals surface area contributed by atoms with Gasteiger partial charge in [-0.05, 0) is 94.6 Å². The molecule has 1 aliphatic rings. The molecular formula is C28H36FN3O3. The minimum absolute atomic E-state index is 0.276. The molecule has 2 aromatic carbocycles. The van der Waals surface area contributed by atoms with Gasteiger partial charge in [0.25, 0.3) is 0 Å². The third-order valence-electron chi connectivity index (χ3n) is 6.61. The fourth-order valence-electron chi connectivity index (χ4n) is 4.65. The van der Waals surface area contributed by atoms with Gasteiger partial charge >= 0.3 is 6.09 Å². The van der Waals surface area contributed by atoms with Crippen LogP contribution in [0.25, 0.3) is 22.2 Å². The minimum Gasteiger partial charge on any atom is -0.496 e. The van der Waals surface area contributed by atoms with Crippen LogP contribution in [0.5, 0.6) is 5.75 Å². The van der Waals surface area contributed by atoms with Crippen LogP contribution in [-0.2, 0) is 4.74 Å². The Morgan fingerprint density at radius 3 is 2.57 bits per heavy atom. The van der Waals surface area contributed by atoms with Gasteiger partial charge in [-0.2, -0.15) is 0 Å². The Morgan fingerprint density at radius 1 is 1.14 bits per heavy atom. The monoisotopic (exact) mass is 481 g/mol. The minimum atomic E-state index is -0.478. The van der Waals surface area contributed by atoms with Crippen molar-refractivity contribution in [3.05, 3.63) is 53.8 Å². The van der Waals surface area contributed by atoms with Crippen LogP contribution in [0.3, 0.4) is 0 Å². The summed E-state index contributed by atoms with van der Waals surface area (Å²) >= 11 is 0. The molecule has 0 spiro atoms. The van der Waals surface area contributed by atoms with Crippen LogP contribution < -0.4 is 4.74 Å². The molecule has 0 atom stereocenters. The van der Waals surface area contributed by atoms with E-state index in [4.69, 9.17) is 9.47 Å². The lowest BCUT2D eigenvalue weighted by Gasteiger charge is -2.33. The van der Waals surface area contributed by atoms with E-state index >= 15 is 0 Å². The van der Waals surface area contributed by atoms with Crippen molar-refractivity contribution in [2.45, 2.75) is 45.1 Å². The number of carbonyl (C=O) groups is 1. The van der Waals surface area contributed by atoms with Gasteiger partial charge in [0.15, 0.2) is 0 Å². The first kappa shape index (κ1) is 25.0. The van der Waals surface area contributed by atoms with Crippen LogP contribution in [-0.4, -0.2) is 66.8 Å². The first-order valence-corrected chi connectivity index (χ1v) is 12.3. The number of aromatic amines is 1. The number of H-pyrrole nitrogens is 1. The Balaban J connectivity index is 1.36. The summed E-state index contributed by atoms with van der Waals surface area (Å²) in [6.45, 7) is 9.15. The summed E-state index contributed by atoms with van der Waals surface area (Å²) in [5.74, 6) is 0.855. The Hall–Kier alpha value is -3.06. The molecule has 0 radical (unpaired) electrons. The summed E-state index contributed by atoms with van der Waals surface area (Å²) in [6.07, 6.45) is 1.88. The maximum absolute atomic E-state index is 13.9. The normalized spacial score (nSPS) is 15.4. The van der Waals surface area contributed by atoms with Gasteiger partial charge in [-0.15, -0.1) is 0 Å². The zero-order valence-corrected chi connectivity index (χ0v) is 21.4. The lowest BCUT2D eigenvalue weighted by atomic mass is 9.89. The third-order valence-corrected chi connectivity index (χ3v) is 6.61. The van der Waals surface area contributed by atoms with Crippen molar-refractivity contribution in [3.63, 3.8) is 0 Å². The van der Waals surface area contributed by atoms with E-state index in [0.717, 1.165) is 54.6 Å². The van der Waals surface area contributed by atoms with Crippen molar-refractivity contribution in [2.24, 2.45) is 0 Å². The zero-order chi connectivity index (χ0) is 25.2. The summed E-state index contributed by atoms with van der Waals surface area (Å²) in [4.78, 5) is 19.7. The van der Waals surface area contributed by atoms with Crippen molar-refractivity contribution in [1.82, 2.24) is 14.8 Å². The topological polar surface area (TPSA) is 57.8 Å². The molecule has 0 saturated carbocycles. The molecule has 1 aliphatic heterocycles. The first-order valence-electron chi connectivity index (χ1n) is 12.3. The molecule has 0 bridgehead atoms. The largest absolute Gasteiger partial charge is 0.496 e. The number of piperidine rings is 1. The molecule has 2 heterocycles. The second-order valence-corrected chi connectivity index (χ2v) is 10.4. The van der Waals surface area contributed by atoms with Crippen molar-refractivity contribution in [1.29, 1.82) is 0 Å². The predicted molar refractivity (Wildman–Crippen MR) is 138 cm³/mol. The number of methoxy groups -OCH3 is 1. The quantitative estimate of drug-likeness (QED) is 0.467. The van der Waals surface area contributed by atoms with E-state index in [-0.39, 0.29) is 11.9 Å². The fourth-order valence-corrected chi connectivity index (χ4v) is 4.65. The SMILES string of the molecule is COc1ccc(F)cc1-c1cc2cc(C3CCN(CCN(C)C(=O)OC(C)(C)C)CC3)ccc2[nH]1. The number of ether oxygens (including phenoxy) is 2. The summed E-state index contributed by atoms with van der Waals surface area (Å²) < 4.78 is 24.7. The van der Waals surface area contributed by atoms with Gasteiger partial charge in [0.1, 0.15) is 17.2 Å². The van der Waals surface area contributed by atoms with E-state index in [9.17, 15) is 9.18 Å². The van der Waals surface area contributed by atoms with E-state index < -0.39 is 5.60 Å². The number of nitrogens with one attached hydrogen (secondary N) is 1. The summed E-state index contributed by atoms with van der Waals surface area (Å²) in [5.41, 5.74) is 3.44. The molecule has 35 heavy (non-hydrogen) atoms. The number of hydrogen-bond acceptors (Lipinski definition) is 4. The molecule has 3 aromatic rings. The number of hydrogen-bond donors (Lipinski definition) is 1. The summed E-state index contributed by atoms with van der Waals surface area (Å²) in [5, 5.41) is 1.12. The van der Waals surface area contributed by atoms with Crippen molar-refractivity contribution in [3.8, 4) is 17.0 Å². The highest BCUT2D eigenvalue weighted by Gasteiger charge is 2.23. The van der Waals surface area contributed by atoms with Gasteiger partial charge < -0.3 is 24.3 Å². The zero-order valence-electron chi connectivity index (χ0n) is 21.4. The average molecular weight is 482 g/mol. The summed E-state index contributed by atoms with van der Waals surface area (Å²) in [7, 11) is 3.39. The molecule has 1 aromatic heterocycles. The Kier molecular flexibility index (Phi) is 7.36. The second-order valence-electron chi connectivity index (χ2n) is 10.4. The standard InChI is InChI=1S/C28H36FN3O3/c1-28(2,3)35-27(33)31(4)14-15-32-12-10-19(11-13-32)20-6-8-24-21(16-20)17-25(30-24)23-18-22(29)7-9-26(23)34-5/h6-9,16-19,30H,10-15H2,1-5H3. The molecule has 188 valence electrons. The second kappa shape index (κ2) is 10.3. The highest BCUT2D eigenvalue weighted by molar-refractivity contribution is 5.87. The van der Waals surface area contributed by atoms with Crippen LogP contribution in [0.4, 0.5) is 9.18 Å². The van der Waals surface area contributed by atoms with Crippen LogP contribution in [0.2, 0.25) is 0 Å². The molecule has 1 saturated heterocycles. The Labute approximate surface area is 207 Å². The number of benzene rings is 2. The number of carbonyl (C=O) groups excluding carboxylic acids is 1. The maximum atomic E-state index is 13.9. The maximum Gasteiger partial charge on any atom is 0.410 e. The van der Waals surface area contributed by atoms with Crippen LogP contribution in [0.15, 0.2) is 42.5 Å². The number of likely N-dealkylation sites (tertiary alicyclic amines) is 1. The van der Waals surface area contributed by atoms with Crippen LogP contribution in [0, 0.1) is 5.82 Å². The van der Waals surface area contributed by atoms with E-state index in [1.165, 1.54) is 17.7 Å². The van der Waals surface area contributed by atoms with E-state index in [1.807, 2.05) is 20.8 Å². The number of fused-ring (bicyclic) bond motifs is 1. The predicted octanol–water partition coefficient (Wildman–Crippen LogP) is 6.03. The van der Waals surface area contributed by atoms with Gasteiger partial charge in [0.2, 0.25) is 0 Å². The van der Waals surface area contributed by atoms with Gasteiger partial charge in [-0.1, -0.05) is 6.07 Å². The van der Waals surface area contributed by atoms with E-state index in [1.54, 1.807) is 25.1 Å². The van der Waals surface area contributed by atoms with Crippen molar-refractivity contribution < 1.29 is 18.7 Å². The van der Waals surface area contributed by atoms with Gasteiger partial charge in [-0.3, -0.25) is 0 Å². The lowest BCUT2D eigenvalue weighted by Crippen LogP contribution is -2.41. The molecule has 0 aliphatic carbocycles. The van der Waals surface area contributed by atoms with Crippen molar-refractivity contribution >= 4 is 17.0 Å². The molecule has 4 rings (SSSR count). The average Bonchev–Trinajstić information content (AvgIpc) is 3.25. The highest BCUT2D eigenvalue weighted by Crippen LogP contribution is 2.35. The lowest BCUT2D eigenvalue weighted by molar-refractivity contribution is 0.0278. The number of nitrogens with zero attached hydrogens (tertiary/aromatic N) is 2. The smallest absolute Gasteiger partial charge is 0.410 e. The number of likely N-dealkylation sites (N-methyl/N-ethyl adjacent to an activating group) is 1. The van der Waals surface area contributed by atoms with E-state index in [0.29, 0.717) is 18.2 Å². The number of halogens is 1. The molecule has 0 unspecified atom stereocenters. The molecule has 1 amide bonds. The molecule has 6 nitrogen and oxygen atoms in total. The molecule has 1 N–H and O–H groups in total. The van der Waals surface area contributed by atoms with Crippen LogP contribution in [0.1, 0.15) is 45.1 Å². The number of rotatable bonds is 6. The summed E-state index contributed by atoms with van der Waals surface area (Å²) in [6, 6.07) is 13.2. The Bertz CT molecular complexity index is 1180. The highest BCUT2D eigenvalue weighted by atomic mass is 19.1. The van der Waals surface area contributed by atoms with Crippen molar-refractivity contribution in [2.75, 3.05) is 40.3 Å². The third kappa shape index (κ3) is 6.14. The molecule has 7 heteroatoms. The molecule has 1 fully saturated rings. The van der Waals surface area contributed by atoms with Crippen LogP contribution >= 0.6 is 0 Å². The molecular weight excluding hydrogens is 445 g/mol. The van der Waals surface area contributed by atoms with E-state index in [2.05, 4.69) is 34.1 Å². The fraction of sp³-hybridized carbons (Fsp3) is 0.464. The number of amides is 1. The first-order chi connectivity index (χ1) is 16.6. The van der Waals surface area contributed by atoms with Gasteiger partial charge in [0, 0.05) is 36.6 Å². The Morgan fingerprint density at radius 2 is 1.89 bits per heavy atom. The number of aromatic nitrogens is 1.